The van der Waals surface area contributed by atoms with E-state index in [2.05, 4.69) is 171 Å². The van der Waals surface area contributed by atoms with Crippen LogP contribution in [0.15, 0.2) is 152 Å². The molecule has 0 aliphatic carbocycles. The monoisotopic (exact) mass is 578 g/mol. The molecule has 0 radical (unpaired) electrons. The number of benzene rings is 7. The average molecular weight is 579 g/mol. The Morgan fingerprint density at radius 1 is 0.489 bits per heavy atom. The molecular formula is C43H34N2. The molecule has 216 valence electrons. The summed E-state index contributed by atoms with van der Waals surface area (Å²) in [6, 6.07) is 52.7. The van der Waals surface area contributed by atoms with Crippen LogP contribution in [0, 0.1) is 0 Å². The summed E-state index contributed by atoms with van der Waals surface area (Å²) in [4.78, 5) is 7.43. The number of aromatic nitrogens is 1. The second kappa shape index (κ2) is 10.6. The van der Waals surface area contributed by atoms with Gasteiger partial charge in [-0.15, -0.1) is 0 Å². The van der Waals surface area contributed by atoms with Crippen LogP contribution in [0.2, 0.25) is 0 Å². The number of hydrogen-bond donors (Lipinski definition) is 0. The van der Waals surface area contributed by atoms with Crippen LogP contribution >= 0.6 is 0 Å². The fraction of sp³-hybridized carbons (Fsp3) is 0.0930. The molecule has 0 unspecified atom stereocenters. The van der Waals surface area contributed by atoms with E-state index in [1.165, 1.54) is 59.8 Å². The normalized spacial score (nSPS) is 11.9. The van der Waals surface area contributed by atoms with Crippen LogP contribution in [0.4, 0.5) is 17.2 Å². The fourth-order valence-corrected chi connectivity index (χ4v) is 6.81. The van der Waals surface area contributed by atoms with Gasteiger partial charge >= 0.3 is 0 Å². The molecule has 0 aliphatic rings. The van der Waals surface area contributed by atoms with Crippen LogP contribution in [-0.2, 0) is 5.41 Å². The van der Waals surface area contributed by atoms with Crippen molar-refractivity contribution in [1.82, 2.24) is 4.98 Å². The van der Waals surface area contributed by atoms with Crippen LogP contribution in [0.25, 0.3) is 54.2 Å². The summed E-state index contributed by atoms with van der Waals surface area (Å²) in [5, 5.41) is 9.89. The van der Waals surface area contributed by atoms with E-state index in [4.69, 9.17) is 4.98 Å². The highest BCUT2D eigenvalue weighted by molar-refractivity contribution is 6.26. The first-order valence-electron chi connectivity index (χ1n) is 15.6. The molecule has 1 aromatic heterocycles. The number of anilines is 3. The number of pyridine rings is 1. The Kier molecular flexibility index (Phi) is 6.39. The molecule has 0 saturated carbocycles. The predicted molar refractivity (Wildman–Crippen MR) is 193 cm³/mol. The zero-order valence-electron chi connectivity index (χ0n) is 25.8. The van der Waals surface area contributed by atoms with E-state index in [-0.39, 0.29) is 5.41 Å². The van der Waals surface area contributed by atoms with Gasteiger partial charge in [0.05, 0.1) is 5.69 Å². The molecule has 0 amide bonds. The molecule has 2 nitrogen and oxygen atoms in total. The lowest BCUT2D eigenvalue weighted by atomic mass is 9.86. The Morgan fingerprint density at radius 2 is 1.02 bits per heavy atom. The van der Waals surface area contributed by atoms with E-state index in [0.29, 0.717) is 0 Å². The number of rotatable bonds is 4. The molecule has 45 heavy (non-hydrogen) atoms. The largest absolute Gasteiger partial charge is 0.294 e. The molecule has 0 saturated heterocycles. The standard InChI is InChI=1S/C43H34N2/c1-43(2,3)30-25-26-40(44-28-30)45(31-16-5-4-6-17-31)42-37-23-13-11-21-35(37)41(36-22-12-14-24-38(36)42)39-27-29-15-7-8-18-32(29)33-19-9-10-20-34(33)39/h4-28H,1-3H3. The first-order valence-corrected chi connectivity index (χ1v) is 15.6. The second-order valence-electron chi connectivity index (χ2n) is 12.8. The number of nitrogens with zero attached hydrogens (tertiary/aromatic N) is 2. The third kappa shape index (κ3) is 4.53. The van der Waals surface area contributed by atoms with Crippen molar-refractivity contribution in [1.29, 1.82) is 0 Å². The van der Waals surface area contributed by atoms with Crippen LogP contribution in [-0.4, -0.2) is 4.98 Å². The average Bonchev–Trinajstić information content (AvgIpc) is 3.08. The number of fused-ring (bicyclic) bond motifs is 5. The highest BCUT2D eigenvalue weighted by Gasteiger charge is 2.24. The van der Waals surface area contributed by atoms with Gasteiger partial charge < -0.3 is 0 Å². The molecule has 0 atom stereocenters. The van der Waals surface area contributed by atoms with Gasteiger partial charge in [-0.1, -0.05) is 142 Å². The van der Waals surface area contributed by atoms with Gasteiger partial charge in [-0.25, -0.2) is 4.98 Å². The SMILES string of the molecule is CC(C)(C)c1ccc(N(c2ccccc2)c2c3ccccc3c(-c3cc4ccccc4c4ccccc34)c3ccccc23)nc1. The van der Waals surface area contributed by atoms with Gasteiger partial charge in [-0.3, -0.25) is 4.90 Å². The smallest absolute Gasteiger partial charge is 0.137 e. The quantitative estimate of drug-likeness (QED) is 0.152. The number of hydrogen-bond acceptors (Lipinski definition) is 2. The van der Waals surface area contributed by atoms with E-state index in [1.807, 2.05) is 6.20 Å². The van der Waals surface area contributed by atoms with Gasteiger partial charge in [-0.2, -0.15) is 0 Å². The number of para-hydroxylation sites is 1. The zero-order chi connectivity index (χ0) is 30.5. The zero-order valence-corrected chi connectivity index (χ0v) is 25.8. The third-order valence-electron chi connectivity index (χ3n) is 9.02. The molecule has 0 fully saturated rings. The maximum Gasteiger partial charge on any atom is 0.137 e. The van der Waals surface area contributed by atoms with E-state index in [9.17, 15) is 0 Å². The van der Waals surface area contributed by atoms with Crippen molar-refractivity contribution in [3.8, 4) is 11.1 Å². The fourth-order valence-electron chi connectivity index (χ4n) is 6.81. The van der Waals surface area contributed by atoms with Crippen molar-refractivity contribution in [2.24, 2.45) is 0 Å². The van der Waals surface area contributed by atoms with E-state index in [1.54, 1.807) is 0 Å². The molecule has 0 aliphatic heterocycles. The summed E-state index contributed by atoms with van der Waals surface area (Å²) < 4.78 is 0. The minimum absolute atomic E-state index is 0.0206. The van der Waals surface area contributed by atoms with E-state index < -0.39 is 0 Å². The Hall–Kier alpha value is -5.47. The van der Waals surface area contributed by atoms with Crippen molar-refractivity contribution in [3.63, 3.8) is 0 Å². The Balaban J connectivity index is 1.50. The van der Waals surface area contributed by atoms with Gasteiger partial charge in [-0.05, 0) is 78.7 Å². The van der Waals surface area contributed by atoms with Crippen molar-refractivity contribution in [3.05, 3.63) is 157 Å². The molecule has 7 aromatic carbocycles. The minimum Gasteiger partial charge on any atom is -0.294 e. The van der Waals surface area contributed by atoms with E-state index in [0.717, 1.165) is 17.2 Å². The molecule has 0 spiro atoms. The molecule has 0 N–H and O–H groups in total. The highest BCUT2D eigenvalue weighted by Crippen LogP contribution is 2.49. The summed E-state index contributed by atoms with van der Waals surface area (Å²) in [6.45, 7) is 6.69. The maximum absolute atomic E-state index is 5.09. The summed E-state index contributed by atoms with van der Waals surface area (Å²) >= 11 is 0. The topological polar surface area (TPSA) is 16.1 Å². The first-order chi connectivity index (χ1) is 22.0. The molecule has 1 heterocycles. The van der Waals surface area contributed by atoms with E-state index >= 15 is 0 Å². The minimum atomic E-state index is 0.0206. The first kappa shape index (κ1) is 27.1. The Morgan fingerprint density at radius 3 is 1.62 bits per heavy atom. The molecule has 8 rings (SSSR count). The second-order valence-corrected chi connectivity index (χ2v) is 12.8. The van der Waals surface area contributed by atoms with Gasteiger partial charge in [0.25, 0.3) is 0 Å². The van der Waals surface area contributed by atoms with Gasteiger partial charge in [0.2, 0.25) is 0 Å². The summed E-state index contributed by atoms with van der Waals surface area (Å²) in [5.74, 6) is 0.897. The highest BCUT2D eigenvalue weighted by atomic mass is 15.2. The summed E-state index contributed by atoms with van der Waals surface area (Å²) in [7, 11) is 0. The lowest BCUT2D eigenvalue weighted by Crippen LogP contribution is -2.15. The van der Waals surface area contributed by atoms with Gasteiger partial charge in [0, 0.05) is 22.7 Å². The van der Waals surface area contributed by atoms with Crippen LogP contribution in [0.3, 0.4) is 0 Å². The van der Waals surface area contributed by atoms with Crippen molar-refractivity contribution in [2.75, 3.05) is 4.90 Å². The Labute approximate surface area is 264 Å². The van der Waals surface area contributed by atoms with Gasteiger partial charge in [0.1, 0.15) is 5.82 Å². The van der Waals surface area contributed by atoms with Crippen LogP contribution in [0.5, 0.6) is 0 Å². The van der Waals surface area contributed by atoms with Crippen molar-refractivity contribution < 1.29 is 0 Å². The van der Waals surface area contributed by atoms with Crippen LogP contribution < -0.4 is 4.90 Å². The third-order valence-corrected chi connectivity index (χ3v) is 9.02. The lowest BCUT2D eigenvalue weighted by Gasteiger charge is -2.29. The summed E-state index contributed by atoms with van der Waals surface area (Å²) in [6.07, 6.45) is 2.03. The maximum atomic E-state index is 5.09. The van der Waals surface area contributed by atoms with Crippen LogP contribution in [0.1, 0.15) is 26.3 Å². The molecule has 2 heteroatoms. The lowest BCUT2D eigenvalue weighted by molar-refractivity contribution is 0.587. The van der Waals surface area contributed by atoms with Gasteiger partial charge in [0.15, 0.2) is 0 Å². The molecule has 0 bridgehead atoms. The summed E-state index contributed by atoms with van der Waals surface area (Å²) in [5.41, 5.74) is 5.96. The molecular weight excluding hydrogens is 544 g/mol. The predicted octanol–water partition coefficient (Wildman–Crippen LogP) is 12.1. The Bertz CT molecular complexity index is 2290. The molecule has 8 aromatic rings. The van der Waals surface area contributed by atoms with Crippen molar-refractivity contribution in [2.45, 2.75) is 26.2 Å². The van der Waals surface area contributed by atoms with Crippen molar-refractivity contribution >= 4 is 60.3 Å².